The molecular weight excluding hydrogens is 837 g/mol. The summed E-state index contributed by atoms with van der Waals surface area (Å²) in [7, 11) is 0. The van der Waals surface area contributed by atoms with E-state index >= 15 is 0 Å². The summed E-state index contributed by atoms with van der Waals surface area (Å²) in [6, 6.07) is 0.886. The van der Waals surface area contributed by atoms with Gasteiger partial charge in [-0.05, 0) is 138 Å². The molecule has 0 aromatic carbocycles. The van der Waals surface area contributed by atoms with Gasteiger partial charge in [-0.3, -0.25) is 0 Å². The van der Waals surface area contributed by atoms with Gasteiger partial charge < -0.3 is 14.5 Å². The van der Waals surface area contributed by atoms with Gasteiger partial charge in [-0.15, -0.1) is 0 Å². The fourth-order valence-electron chi connectivity index (χ4n) is 15.5. The van der Waals surface area contributed by atoms with E-state index in [1.807, 2.05) is 0 Å². The van der Waals surface area contributed by atoms with E-state index in [9.17, 15) is 0 Å². The van der Waals surface area contributed by atoms with E-state index in [1.165, 1.54) is 33.8 Å². The molecule has 0 radical (unpaired) electrons. The van der Waals surface area contributed by atoms with Crippen LogP contribution < -0.4 is 0 Å². The van der Waals surface area contributed by atoms with E-state index in [1.54, 1.807) is 33.4 Å². The lowest BCUT2D eigenvalue weighted by Crippen LogP contribution is -2.43. The highest BCUT2D eigenvalue weighted by Gasteiger charge is 2.50. The Morgan fingerprint density at radius 2 is 1.48 bits per heavy atom. The molecule has 1 heterocycles. The van der Waals surface area contributed by atoms with Crippen LogP contribution >= 0.6 is 0 Å². The van der Waals surface area contributed by atoms with Gasteiger partial charge in [-0.1, -0.05) is 195 Å². The Morgan fingerprint density at radius 3 is 2.25 bits per heavy atom. The van der Waals surface area contributed by atoms with Crippen LogP contribution in [0.1, 0.15) is 133 Å². The number of hydrogen-bond donors (Lipinski definition) is 0. The average molecular weight is 917 g/mol. The second-order valence-electron chi connectivity index (χ2n) is 26.1. The first-order valence-electron chi connectivity index (χ1n) is 27.4. The molecule has 10 unspecified atom stereocenters. The normalized spacial score (nSPS) is 35.5. The summed E-state index contributed by atoms with van der Waals surface area (Å²) in [5.41, 5.74) is 19.2. The third-order valence-electron chi connectivity index (χ3n) is 19.5. The summed E-state index contributed by atoms with van der Waals surface area (Å²) >= 11 is 0. The predicted molar refractivity (Wildman–Crippen MR) is 287 cm³/mol. The maximum atomic E-state index is 7.32. The Hall–Kier alpha value is -4.60. The molecule has 0 spiro atoms. The molecule has 12 rings (SSSR count). The molecular formula is C66H80N2O. The van der Waals surface area contributed by atoms with Gasteiger partial charge in [0.2, 0.25) is 0 Å². The van der Waals surface area contributed by atoms with Gasteiger partial charge in [0.1, 0.15) is 0 Å². The molecule has 1 saturated heterocycles. The molecule has 0 bridgehead atoms. The molecule has 12 aliphatic rings. The van der Waals surface area contributed by atoms with Crippen molar-refractivity contribution in [1.29, 1.82) is 0 Å². The Balaban J connectivity index is 0.819. The van der Waals surface area contributed by atoms with E-state index < -0.39 is 0 Å². The van der Waals surface area contributed by atoms with Crippen molar-refractivity contribution in [2.24, 2.45) is 51.2 Å². The lowest BCUT2D eigenvalue weighted by Gasteiger charge is -2.44. The number of hydrogen-bond acceptors (Lipinski definition) is 3. The first kappa shape index (κ1) is 45.5. The molecule has 0 aromatic rings. The van der Waals surface area contributed by atoms with Crippen LogP contribution in [0.25, 0.3) is 0 Å². The van der Waals surface area contributed by atoms with Crippen LogP contribution in [-0.2, 0) is 4.74 Å². The summed E-state index contributed by atoms with van der Waals surface area (Å²) in [4.78, 5) is 5.61. The Morgan fingerprint density at radius 1 is 0.696 bits per heavy atom. The number of rotatable bonds is 6. The number of nitrogens with zero attached hydrogens (tertiary/aromatic N) is 2. The molecule has 0 aromatic heterocycles. The Labute approximate surface area is 416 Å². The van der Waals surface area contributed by atoms with Gasteiger partial charge in [0.15, 0.2) is 0 Å². The van der Waals surface area contributed by atoms with Crippen LogP contribution in [0.4, 0.5) is 0 Å². The summed E-state index contributed by atoms with van der Waals surface area (Å²) in [5, 5.41) is 0. The maximum absolute atomic E-state index is 7.32. The standard InChI is InChI=1S/C66H80N2O/c1-63(2,3)43-20-25-45(26-21-43)67(48-30-33-59-54(38-48)51-15-11-13-17-57(51)65(59,7)8)47-24-19-41-36-56-53-32-29-50(40-62(53)69-61(56)37-42(41)35-47)68(46-27-22-44(23-28-46)64(4,5)6)49-31-34-60-55(39-49)52-16-12-14-18-58(52)66(60,9)10/h11-14,16-17,19-20,22,24-25,27-30,32-33,36-37,39,44,47-48,50-51,53,56,58,61-62H,15,18,21,23,26,31,34-35,38,40H2,1-10H3. The zero-order valence-electron chi connectivity index (χ0n) is 43.7. The van der Waals surface area contributed by atoms with Gasteiger partial charge in [-0.25, -0.2) is 0 Å². The molecule has 10 atom stereocenters. The van der Waals surface area contributed by atoms with Crippen LogP contribution in [-0.4, -0.2) is 40.1 Å². The van der Waals surface area contributed by atoms with Gasteiger partial charge >= 0.3 is 0 Å². The molecule has 69 heavy (non-hydrogen) atoms. The Bertz CT molecular complexity index is 2730. The molecule has 0 saturated carbocycles. The third-order valence-corrected chi connectivity index (χ3v) is 19.5. The van der Waals surface area contributed by atoms with E-state index in [4.69, 9.17) is 4.74 Å². The lowest BCUT2D eigenvalue weighted by molar-refractivity contribution is 0.0403. The van der Waals surface area contributed by atoms with Crippen LogP contribution in [0.5, 0.6) is 0 Å². The summed E-state index contributed by atoms with van der Waals surface area (Å²) in [5.74, 6) is 2.44. The molecule has 0 N–H and O–H groups in total. The fourth-order valence-corrected chi connectivity index (χ4v) is 15.5. The quantitative estimate of drug-likeness (QED) is 0.247. The van der Waals surface area contributed by atoms with Crippen LogP contribution in [0, 0.1) is 51.2 Å². The number of ether oxygens (including phenoxy) is 1. The number of allylic oxidation sites excluding steroid dienone is 23. The van der Waals surface area contributed by atoms with Crippen molar-refractivity contribution >= 4 is 0 Å². The molecule has 360 valence electrons. The van der Waals surface area contributed by atoms with Crippen molar-refractivity contribution in [3.63, 3.8) is 0 Å². The van der Waals surface area contributed by atoms with E-state index in [0.29, 0.717) is 41.7 Å². The number of fused-ring (bicyclic) bond motifs is 8. The first-order chi connectivity index (χ1) is 32.9. The van der Waals surface area contributed by atoms with Crippen molar-refractivity contribution in [2.45, 2.75) is 164 Å². The van der Waals surface area contributed by atoms with E-state index in [2.05, 4.69) is 201 Å². The maximum Gasteiger partial charge on any atom is 0.0835 e. The minimum atomic E-state index is 0.0992. The molecule has 11 aliphatic carbocycles. The van der Waals surface area contributed by atoms with Crippen molar-refractivity contribution in [2.75, 3.05) is 0 Å². The zero-order chi connectivity index (χ0) is 47.8. The summed E-state index contributed by atoms with van der Waals surface area (Å²) < 4.78 is 7.32. The zero-order valence-corrected chi connectivity index (χ0v) is 43.7. The Kier molecular flexibility index (Phi) is 10.9. The predicted octanol–water partition coefficient (Wildman–Crippen LogP) is 16.0. The van der Waals surface area contributed by atoms with Crippen molar-refractivity contribution in [1.82, 2.24) is 9.80 Å². The van der Waals surface area contributed by atoms with Gasteiger partial charge in [0.05, 0.1) is 30.3 Å². The molecule has 0 amide bonds. The highest BCUT2D eigenvalue weighted by atomic mass is 16.5. The second kappa shape index (κ2) is 16.5. The second-order valence-corrected chi connectivity index (χ2v) is 26.1. The first-order valence-corrected chi connectivity index (χ1v) is 27.4. The largest absolute Gasteiger partial charge is 0.370 e. The van der Waals surface area contributed by atoms with Crippen LogP contribution in [0.3, 0.4) is 0 Å². The van der Waals surface area contributed by atoms with Crippen LogP contribution in [0.2, 0.25) is 0 Å². The SMILES string of the molecule is CC(C)(C)C1=CC=C(N(C2C=CC3=CC4C(C=C3C2)OC2CC(N(C3=CCC(C(C)(C)C)C=C3)C3=CC5=C(CC3)C(C)(C)C3CC=CC=C53)C=CC24)C2C=CC3=C(C2)C2CC=CC=C2C3(C)C)CC1. The lowest BCUT2D eigenvalue weighted by atomic mass is 9.72. The van der Waals surface area contributed by atoms with Gasteiger partial charge in [0.25, 0.3) is 0 Å². The van der Waals surface area contributed by atoms with E-state index in [-0.39, 0.29) is 39.9 Å². The highest BCUT2D eigenvalue weighted by Crippen LogP contribution is 2.59. The van der Waals surface area contributed by atoms with Crippen molar-refractivity contribution < 1.29 is 4.74 Å². The average Bonchev–Trinajstić information content (AvgIpc) is 3.88. The fraction of sp³-hybridized carbons (Fsp3) is 0.515. The van der Waals surface area contributed by atoms with E-state index in [0.717, 1.165) is 64.2 Å². The van der Waals surface area contributed by atoms with Gasteiger partial charge in [-0.2, -0.15) is 0 Å². The van der Waals surface area contributed by atoms with Crippen molar-refractivity contribution in [3.05, 3.63) is 189 Å². The monoisotopic (exact) mass is 917 g/mol. The summed E-state index contributed by atoms with van der Waals surface area (Å²) in [6.45, 7) is 24.2. The summed E-state index contributed by atoms with van der Waals surface area (Å²) in [6.07, 6.45) is 61.2. The minimum absolute atomic E-state index is 0.0992. The molecule has 1 aliphatic heterocycles. The minimum Gasteiger partial charge on any atom is -0.370 e. The molecule has 3 nitrogen and oxygen atoms in total. The van der Waals surface area contributed by atoms with Gasteiger partial charge in [0, 0.05) is 40.3 Å². The van der Waals surface area contributed by atoms with Crippen molar-refractivity contribution in [3.8, 4) is 0 Å². The topological polar surface area (TPSA) is 15.7 Å². The van der Waals surface area contributed by atoms with Crippen LogP contribution in [0.15, 0.2) is 189 Å². The third kappa shape index (κ3) is 7.59. The smallest absolute Gasteiger partial charge is 0.0835 e. The molecule has 3 heteroatoms. The highest BCUT2D eigenvalue weighted by molar-refractivity contribution is 5.59. The molecule has 1 fully saturated rings.